The Labute approximate surface area is 135 Å². The molecule has 1 saturated heterocycles. The molecule has 124 valence electrons. The van der Waals surface area contributed by atoms with Crippen molar-refractivity contribution in [3.05, 3.63) is 12.2 Å². The Morgan fingerprint density at radius 3 is 2.55 bits per heavy atom. The summed E-state index contributed by atoms with van der Waals surface area (Å²) in [5.74, 6) is 5.90. The monoisotopic (exact) mass is 306 g/mol. The van der Waals surface area contributed by atoms with E-state index in [-0.39, 0.29) is 6.29 Å². The fraction of sp³-hybridized carbons (Fsp3) is 0.737. The Hall–Kier alpha value is -1.11. The van der Waals surface area contributed by atoms with Crippen molar-refractivity contribution >= 4 is 6.29 Å². The molecule has 1 aliphatic heterocycles. The minimum atomic E-state index is 0.0660. The minimum Gasteiger partial charge on any atom is -0.353 e. The van der Waals surface area contributed by atoms with E-state index in [1.807, 2.05) is 0 Å². The molecule has 0 saturated carbocycles. The van der Waals surface area contributed by atoms with Crippen molar-refractivity contribution in [1.29, 1.82) is 0 Å². The van der Waals surface area contributed by atoms with Crippen molar-refractivity contribution < 1.29 is 14.3 Å². The van der Waals surface area contributed by atoms with Crippen LogP contribution in [-0.2, 0) is 14.3 Å². The third-order valence-corrected chi connectivity index (χ3v) is 3.75. The average molecular weight is 306 g/mol. The van der Waals surface area contributed by atoms with E-state index in [0.717, 1.165) is 45.2 Å². The van der Waals surface area contributed by atoms with Gasteiger partial charge >= 0.3 is 0 Å². The summed E-state index contributed by atoms with van der Waals surface area (Å²) in [5.41, 5.74) is 0. The second-order valence-corrected chi connectivity index (χ2v) is 5.71. The van der Waals surface area contributed by atoms with Gasteiger partial charge < -0.3 is 9.47 Å². The maximum atomic E-state index is 10.0. The molecule has 0 radical (unpaired) electrons. The van der Waals surface area contributed by atoms with E-state index in [9.17, 15) is 4.79 Å². The lowest BCUT2D eigenvalue weighted by atomic mass is 10.1. The molecular weight excluding hydrogens is 276 g/mol. The number of allylic oxidation sites excluding steroid dienone is 2. The van der Waals surface area contributed by atoms with Gasteiger partial charge in [0.15, 0.2) is 6.29 Å². The van der Waals surface area contributed by atoms with Crippen molar-refractivity contribution in [3.8, 4) is 11.8 Å². The fourth-order valence-corrected chi connectivity index (χ4v) is 2.48. The molecule has 0 aliphatic carbocycles. The van der Waals surface area contributed by atoms with E-state index in [0.29, 0.717) is 0 Å². The molecule has 0 bridgehead atoms. The maximum absolute atomic E-state index is 10.0. The number of hydrogen-bond donors (Lipinski definition) is 0. The first-order chi connectivity index (χ1) is 10.9. The zero-order valence-corrected chi connectivity index (χ0v) is 13.7. The van der Waals surface area contributed by atoms with Crippen molar-refractivity contribution in [2.24, 2.45) is 0 Å². The molecular formula is C19H30O3. The first-order valence-electron chi connectivity index (χ1n) is 8.75. The molecule has 0 aromatic carbocycles. The van der Waals surface area contributed by atoms with E-state index in [2.05, 4.69) is 11.8 Å². The molecule has 3 heteroatoms. The highest BCUT2D eigenvalue weighted by molar-refractivity contribution is 5.65. The molecule has 1 atom stereocenters. The number of carbonyl (C=O) groups is 1. The summed E-state index contributed by atoms with van der Waals surface area (Å²) in [7, 11) is 0. The van der Waals surface area contributed by atoms with Crippen LogP contribution in [0.15, 0.2) is 12.2 Å². The number of aldehydes is 1. The van der Waals surface area contributed by atoms with Crippen molar-refractivity contribution in [2.45, 2.75) is 76.9 Å². The van der Waals surface area contributed by atoms with Crippen LogP contribution in [0.1, 0.15) is 70.6 Å². The first kappa shape index (κ1) is 18.9. The second-order valence-electron chi connectivity index (χ2n) is 5.71. The summed E-state index contributed by atoms with van der Waals surface area (Å²) in [6.45, 7) is 1.71. The SMILES string of the molecule is O=C/C=C/C#CCCCCCCCCCOC1CCCCO1. The smallest absolute Gasteiger partial charge is 0.157 e. The van der Waals surface area contributed by atoms with Crippen LogP contribution in [0.5, 0.6) is 0 Å². The van der Waals surface area contributed by atoms with Gasteiger partial charge in [-0.25, -0.2) is 0 Å². The lowest BCUT2D eigenvalue weighted by Crippen LogP contribution is -2.22. The number of ether oxygens (including phenoxy) is 2. The van der Waals surface area contributed by atoms with Crippen LogP contribution < -0.4 is 0 Å². The third-order valence-electron chi connectivity index (χ3n) is 3.75. The van der Waals surface area contributed by atoms with Gasteiger partial charge in [-0.15, -0.1) is 0 Å². The Morgan fingerprint density at radius 1 is 1.05 bits per heavy atom. The van der Waals surface area contributed by atoms with Gasteiger partial charge in [0.2, 0.25) is 0 Å². The maximum Gasteiger partial charge on any atom is 0.157 e. The van der Waals surface area contributed by atoms with E-state index in [1.165, 1.54) is 51.0 Å². The van der Waals surface area contributed by atoms with Gasteiger partial charge in [-0.1, -0.05) is 43.9 Å². The highest BCUT2D eigenvalue weighted by atomic mass is 16.7. The van der Waals surface area contributed by atoms with E-state index in [1.54, 1.807) is 6.08 Å². The van der Waals surface area contributed by atoms with Gasteiger partial charge in [-0.3, -0.25) is 4.79 Å². The van der Waals surface area contributed by atoms with Crippen molar-refractivity contribution in [1.82, 2.24) is 0 Å². The molecule has 0 aromatic heterocycles. The molecule has 22 heavy (non-hydrogen) atoms. The Kier molecular flexibility index (Phi) is 12.8. The lowest BCUT2D eigenvalue weighted by molar-refractivity contribution is -0.162. The third kappa shape index (κ3) is 11.5. The highest BCUT2D eigenvalue weighted by Gasteiger charge is 2.13. The predicted octanol–water partition coefficient (Wildman–Crippen LogP) is 4.41. The second kappa shape index (κ2) is 14.8. The van der Waals surface area contributed by atoms with Gasteiger partial charge in [0, 0.05) is 19.6 Å². The molecule has 0 spiro atoms. The van der Waals surface area contributed by atoms with Gasteiger partial charge in [-0.05, 0) is 44.3 Å². The summed E-state index contributed by atoms with van der Waals surface area (Å²) in [6, 6.07) is 0. The normalized spacial score (nSPS) is 18.1. The average Bonchev–Trinajstić information content (AvgIpc) is 2.56. The Balaban J connectivity index is 1.76. The molecule has 1 unspecified atom stereocenters. The molecule has 0 N–H and O–H groups in total. The number of hydrogen-bond acceptors (Lipinski definition) is 3. The van der Waals surface area contributed by atoms with Crippen LogP contribution in [0.3, 0.4) is 0 Å². The number of unbranched alkanes of at least 4 members (excludes halogenated alkanes) is 7. The van der Waals surface area contributed by atoms with Gasteiger partial charge in [0.25, 0.3) is 0 Å². The number of rotatable bonds is 11. The van der Waals surface area contributed by atoms with Crippen molar-refractivity contribution in [3.63, 3.8) is 0 Å². The van der Waals surface area contributed by atoms with Crippen LogP contribution in [0, 0.1) is 11.8 Å². The van der Waals surface area contributed by atoms with Crippen LogP contribution in [0.2, 0.25) is 0 Å². The Morgan fingerprint density at radius 2 is 1.82 bits per heavy atom. The lowest BCUT2D eigenvalue weighted by Gasteiger charge is -2.22. The molecule has 0 amide bonds. The standard InChI is InChI=1S/C19H30O3/c20-16-12-9-7-5-3-1-2-4-6-8-10-13-17-21-19-15-11-14-18-22-19/h9,12,16,19H,1-4,6,8,10-11,13-15,17-18H2/b12-9+. The summed E-state index contributed by atoms with van der Waals surface area (Å²) in [5, 5.41) is 0. The first-order valence-corrected chi connectivity index (χ1v) is 8.75. The summed E-state index contributed by atoms with van der Waals surface area (Å²) >= 11 is 0. The van der Waals surface area contributed by atoms with E-state index in [4.69, 9.17) is 9.47 Å². The van der Waals surface area contributed by atoms with Crippen LogP contribution in [0.4, 0.5) is 0 Å². The summed E-state index contributed by atoms with van der Waals surface area (Å²) < 4.78 is 11.3. The highest BCUT2D eigenvalue weighted by Crippen LogP contribution is 2.14. The van der Waals surface area contributed by atoms with Gasteiger partial charge in [0.1, 0.15) is 6.29 Å². The Bertz CT molecular complexity index is 345. The summed E-state index contributed by atoms with van der Waals surface area (Å²) in [4.78, 5) is 10.0. The van der Waals surface area contributed by atoms with E-state index >= 15 is 0 Å². The van der Waals surface area contributed by atoms with Crippen LogP contribution >= 0.6 is 0 Å². The van der Waals surface area contributed by atoms with Crippen LogP contribution in [0.25, 0.3) is 0 Å². The zero-order chi connectivity index (χ0) is 15.7. The molecule has 1 fully saturated rings. The molecule has 0 aromatic rings. The molecule has 3 nitrogen and oxygen atoms in total. The molecule has 1 heterocycles. The quantitative estimate of drug-likeness (QED) is 0.245. The topological polar surface area (TPSA) is 35.5 Å². The van der Waals surface area contributed by atoms with E-state index < -0.39 is 0 Å². The molecule has 1 rings (SSSR count). The largest absolute Gasteiger partial charge is 0.353 e. The van der Waals surface area contributed by atoms with Gasteiger partial charge in [-0.2, -0.15) is 0 Å². The molecule has 1 aliphatic rings. The fourth-order valence-electron chi connectivity index (χ4n) is 2.48. The van der Waals surface area contributed by atoms with Gasteiger partial charge in [0.05, 0.1) is 0 Å². The van der Waals surface area contributed by atoms with Crippen LogP contribution in [-0.4, -0.2) is 25.8 Å². The summed E-state index contributed by atoms with van der Waals surface area (Å²) in [6.07, 6.45) is 17.0. The zero-order valence-electron chi connectivity index (χ0n) is 13.7. The van der Waals surface area contributed by atoms with Crippen molar-refractivity contribution in [2.75, 3.05) is 13.2 Å². The number of carbonyl (C=O) groups excluding carboxylic acids is 1. The minimum absolute atomic E-state index is 0.0660. The predicted molar refractivity (Wildman–Crippen MR) is 89.5 cm³/mol.